The summed E-state index contributed by atoms with van der Waals surface area (Å²) < 4.78 is 37.2. The first kappa shape index (κ1) is 11.2. The normalized spacial score (nSPS) is 16.1. The zero-order valence-corrected chi connectivity index (χ0v) is 8.08. The van der Waals surface area contributed by atoms with Crippen LogP contribution in [0.15, 0.2) is 12.3 Å². The van der Waals surface area contributed by atoms with Crippen molar-refractivity contribution in [2.24, 2.45) is 0 Å². The second-order valence-electron chi connectivity index (χ2n) is 3.06. The average Bonchev–Trinajstić information content (AvgIpc) is 2.48. The molecule has 0 aromatic carbocycles. The van der Waals surface area contributed by atoms with Gasteiger partial charge < -0.3 is 4.98 Å². The highest BCUT2D eigenvalue weighted by Gasteiger charge is 2.39. The molecule has 0 saturated carbocycles. The van der Waals surface area contributed by atoms with Crippen LogP contribution in [-0.4, -0.2) is 17.8 Å². The lowest BCUT2D eigenvalue weighted by Gasteiger charge is -2.30. The largest absolute Gasteiger partial charge is 0.484 e. The van der Waals surface area contributed by atoms with Crippen molar-refractivity contribution in [2.75, 3.05) is 11.4 Å². The molecule has 1 N–H and O–H groups in total. The first-order chi connectivity index (χ1) is 6.09. The van der Waals surface area contributed by atoms with Crippen molar-refractivity contribution in [3.8, 4) is 0 Å². The molecule has 0 amide bonds. The van der Waals surface area contributed by atoms with Gasteiger partial charge in [-0.05, 0) is 18.9 Å². The standard InChI is InChI=1S/C8H9F3N2.ClH/c9-8(10,11)13-5-1-2-6-7(13)3-4-12-6;/h3-4,12H,1-2,5H2;1H. The molecule has 0 spiro atoms. The van der Waals surface area contributed by atoms with Gasteiger partial charge in [0.15, 0.2) is 0 Å². The van der Waals surface area contributed by atoms with Crippen LogP contribution in [0, 0.1) is 0 Å². The SMILES string of the molecule is Cl.FC(F)(F)N1CCCc2[nH]ccc21. The predicted molar refractivity (Wildman–Crippen MR) is 49.8 cm³/mol. The van der Waals surface area contributed by atoms with E-state index in [-0.39, 0.29) is 24.6 Å². The fourth-order valence-corrected chi connectivity index (χ4v) is 1.65. The number of anilines is 1. The van der Waals surface area contributed by atoms with Gasteiger partial charge in [0, 0.05) is 18.4 Å². The van der Waals surface area contributed by atoms with Crippen molar-refractivity contribution in [2.45, 2.75) is 19.1 Å². The highest BCUT2D eigenvalue weighted by atomic mass is 35.5. The van der Waals surface area contributed by atoms with E-state index in [0.717, 1.165) is 0 Å². The van der Waals surface area contributed by atoms with E-state index in [1.165, 1.54) is 6.07 Å². The highest BCUT2D eigenvalue weighted by Crippen LogP contribution is 2.34. The summed E-state index contributed by atoms with van der Waals surface area (Å²) in [6.45, 7) is 0.0638. The molecule has 0 fully saturated rings. The summed E-state index contributed by atoms with van der Waals surface area (Å²) in [5.41, 5.74) is 0.960. The van der Waals surface area contributed by atoms with Crippen LogP contribution in [0.4, 0.5) is 18.9 Å². The summed E-state index contributed by atoms with van der Waals surface area (Å²) >= 11 is 0. The van der Waals surface area contributed by atoms with Crippen LogP contribution < -0.4 is 4.90 Å². The maximum atomic E-state index is 12.4. The van der Waals surface area contributed by atoms with Crippen LogP contribution in [0.1, 0.15) is 12.1 Å². The minimum Gasteiger partial charge on any atom is -0.363 e. The number of hydrogen-bond donors (Lipinski definition) is 1. The van der Waals surface area contributed by atoms with Crippen LogP contribution in [-0.2, 0) is 6.42 Å². The number of alkyl halides is 3. The van der Waals surface area contributed by atoms with Crippen LogP contribution in [0.25, 0.3) is 0 Å². The molecule has 6 heteroatoms. The molecule has 0 saturated heterocycles. The second kappa shape index (κ2) is 3.73. The fourth-order valence-electron chi connectivity index (χ4n) is 1.65. The molecule has 1 aromatic heterocycles. The van der Waals surface area contributed by atoms with Crippen molar-refractivity contribution in [3.63, 3.8) is 0 Å². The number of rotatable bonds is 0. The third-order valence-corrected chi connectivity index (χ3v) is 2.21. The Bertz CT molecular complexity index is 308. The minimum atomic E-state index is -4.25. The summed E-state index contributed by atoms with van der Waals surface area (Å²) in [4.78, 5) is 3.31. The van der Waals surface area contributed by atoms with Crippen LogP contribution in [0.3, 0.4) is 0 Å². The third-order valence-electron chi connectivity index (χ3n) is 2.21. The summed E-state index contributed by atoms with van der Waals surface area (Å²) in [7, 11) is 0. The lowest BCUT2D eigenvalue weighted by molar-refractivity contribution is -0.130. The minimum absolute atomic E-state index is 0. The summed E-state index contributed by atoms with van der Waals surface area (Å²) in [5, 5.41) is 0. The van der Waals surface area contributed by atoms with Crippen LogP contribution in [0.2, 0.25) is 0 Å². The molecule has 2 heterocycles. The molecule has 80 valence electrons. The van der Waals surface area contributed by atoms with E-state index in [1.54, 1.807) is 6.20 Å². The van der Waals surface area contributed by atoms with Gasteiger partial charge in [-0.15, -0.1) is 12.4 Å². The van der Waals surface area contributed by atoms with E-state index in [0.29, 0.717) is 23.4 Å². The van der Waals surface area contributed by atoms with Crippen molar-refractivity contribution < 1.29 is 13.2 Å². The first-order valence-corrected chi connectivity index (χ1v) is 4.09. The zero-order chi connectivity index (χ0) is 9.47. The Kier molecular flexibility index (Phi) is 2.99. The zero-order valence-electron chi connectivity index (χ0n) is 7.27. The molecule has 2 rings (SSSR count). The number of H-pyrrole nitrogens is 1. The predicted octanol–water partition coefficient (Wildman–Crippen LogP) is 2.71. The maximum Gasteiger partial charge on any atom is 0.484 e. The smallest absolute Gasteiger partial charge is 0.363 e. The fraction of sp³-hybridized carbons (Fsp3) is 0.500. The van der Waals surface area contributed by atoms with Gasteiger partial charge in [-0.3, -0.25) is 4.90 Å². The van der Waals surface area contributed by atoms with Gasteiger partial charge in [0.25, 0.3) is 0 Å². The van der Waals surface area contributed by atoms with E-state index in [1.807, 2.05) is 0 Å². The average molecular weight is 227 g/mol. The topological polar surface area (TPSA) is 19.0 Å². The molecular formula is C8H10ClF3N2. The molecule has 0 radical (unpaired) electrons. The van der Waals surface area contributed by atoms with Crippen LogP contribution in [0.5, 0.6) is 0 Å². The monoisotopic (exact) mass is 226 g/mol. The van der Waals surface area contributed by atoms with Crippen molar-refractivity contribution in [3.05, 3.63) is 18.0 Å². The van der Waals surface area contributed by atoms with E-state index >= 15 is 0 Å². The molecule has 0 bridgehead atoms. The number of nitrogens with zero attached hydrogens (tertiary/aromatic N) is 1. The van der Waals surface area contributed by atoms with Crippen molar-refractivity contribution in [1.29, 1.82) is 0 Å². The Hall–Kier alpha value is -0.840. The first-order valence-electron chi connectivity index (χ1n) is 4.09. The third kappa shape index (κ3) is 1.82. The van der Waals surface area contributed by atoms with Gasteiger partial charge >= 0.3 is 6.30 Å². The summed E-state index contributed by atoms with van der Waals surface area (Å²) in [5.74, 6) is 0. The Labute approximate surface area is 85.5 Å². The Balaban J connectivity index is 0.000000980. The molecule has 0 unspecified atom stereocenters. The molecular weight excluding hydrogens is 217 g/mol. The van der Waals surface area contributed by atoms with Gasteiger partial charge in [0.1, 0.15) is 0 Å². The maximum absolute atomic E-state index is 12.4. The molecule has 1 aromatic rings. The molecule has 2 nitrogen and oxygen atoms in total. The highest BCUT2D eigenvalue weighted by molar-refractivity contribution is 5.85. The molecule has 1 aliphatic heterocycles. The molecule has 14 heavy (non-hydrogen) atoms. The summed E-state index contributed by atoms with van der Waals surface area (Å²) in [6, 6.07) is 1.47. The summed E-state index contributed by atoms with van der Waals surface area (Å²) in [6.07, 6.45) is -1.45. The number of halogens is 4. The molecule has 0 atom stereocenters. The molecule has 1 aliphatic rings. The van der Waals surface area contributed by atoms with Gasteiger partial charge in [0.2, 0.25) is 0 Å². The van der Waals surface area contributed by atoms with Gasteiger partial charge in [-0.2, -0.15) is 13.2 Å². The second-order valence-corrected chi connectivity index (χ2v) is 3.06. The van der Waals surface area contributed by atoms with E-state index < -0.39 is 6.30 Å². The van der Waals surface area contributed by atoms with Crippen LogP contribution >= 0.6 is 12.4 Å². The Morgan fingerprint density at radius 1 is 1.36 bits per heavy atom. The van der Waals surface area contributed by atoms with E-state index in [2.05, 4.69) is 4.98 Å². The lowest BCUT2D eigenvalue weighted by Crippen LogP contribution is -2.41. The van der Waals surface area contributed by atoms with E-state index in [4.69, 9.17) is 0 Å². The van der Waals surface area contributed by atoms with E-state index in [9.17, 15) is 13.2 Å². The number of nitrogens with one attached hydrogen (secondary N) is 1. The Morgan fingerprint density at radius 2 is 2.07 bits per heavy atom. The van der Waals surface area contributed by atoms with Crippen molar-refractivity contribution in [1.82, 2.24) is 4.98 Å². The number of aromatic nitrogens is 1. The number of hydrogen-bond acceptors (Lipinski definition) is 1. The number of fused-ring (bicyclic) bond motifs is 1. The number of aryl methyl sites for hydroxylation is 1. The van der Waals surface area contributed by atoms with Gasteiger partial charge in [-0.25, -0.2) is 0 Å². The quantitative estimate of drug-likeness (QED) is 0.674. The molecule has 0 aliphatic carbocycles. The van der Waals surface area contributed by atoms with Gasteiger partial charge in [0.05, 0.1) is 5.69 Å². The lowest BCUT2D eigenvalue weighted by atomic mass is 10.1. The number of aromatic amines is 1. The Morgan fingerprint density at radius 3 is 2.71 bits per heavy atom. The van der Waals surface area contributed by atoms with Gasteiger partial charge in [-0.1, -0.05) is 0 Å². The van der Waals surface area contributed by atoms with Crippen molar-refractivity contribution >= 4 is 18.1 Å².